The van der Waals surface area contributed by atoms with Gasteiger partial charge in [-0.25, -0.2) is 19.0 Å². The van der Waals surface area contributed by atoms with Gasteiger partial charge in [-0.2, -0.15) is 5.10 Å². The largest absolute Gasteiger partial charge is 0.382 e. The summed E-state index contributed by atoms with van der Waals surface area (Å²) in [6, 6.07) is 6.31. The Morgan fingerprint density at radius 1 is 1.00 bits per heavy atom. The van der Waals surface area contributed by atoms with Crippen LogP contribution in [0.2, 0.25) is 0 Å². The predicted molar refractivity (Wildman–Crippen MR) is 112 cm³/mol. The summed E-state index contributed by atoms with van der Waals surface area (Å²) in [6.45, 7) is 1.31. The molecular formula is C21H25N7O2. The topological polar surface area (TPSA) is 90.9 Å². The lowest BCUT2D eigenvalue weighted by Crippen LogP contribution is -2.31. The van der Waals surface area contributed by atoms with E-state index in [4.69, 9.17) is 9.47 Å². The van der Waals surface area contributed by atoms with Gasteiger partial charge in [0.2, 0.25) is 5.95 Å². The monoisotopic (exact) mass is 407 g/mol. The minimum atomic E-state index is 0.328. The number of aromatic nitrogens is 6. The first-order valence-corrected chi connectivity index (χ1v) is 10.3. The number of anilines is 1. The Hall–Kier alpha value is -3.04. The highest BCUT2D eigenvalue weighted by Crippen LogP contribution is 2.25. The van der Waals surface area contributed by atoms with Gasteiger partial charge in [0.1, 0.15) is 0 Å². The molecule has 1 fully saturated rings. The summed E-state index contributed by atoms with van der Waals surface area (Å²) in [6.07, 6.45) is 11.9. The number of nitrogens with one attached hydrogen (secondary N) is 1. The van der Waals surface area contributed by atoms with Crippen molar-refractivity contribution in [1.82, 2.24) is 29.2 Å². The number of imidazole rings is 1. The molecule has 4 heterocycles. The Labute approximate surface area is 174 Å². The number of hydrogen-bond donors (Lipinski definition) is 1. The van der Waals surface area contributed by atoms with E-state index >= 15 is 0 Å². The van der Waals surface area contributed by atoms with Gasteiger partial charge in [-0.15, -0.1) is 5.10 Å². The maximum Gasteiger partial charge on any atom is 0.241 e. The van der Waals surface area contributed by atoms with Crippen molar-refractivity contribution in [2.24, 2.45) is 0 Å². The van der Waals surface area contributed by atoms with Gasteiger partial charge in [0.15, 0.2) is 5.65 Å². The molecule has 0 atom stereocenters. The van der Waals surface area contributed by atoms with E-state index in [1.807, 2.05) is 41.3 Å². The molecule has 30 heavy (non-hydrogen) atoms. The lowest BCUT2D eigenvalue weighted by atomic mass is 9.93. The molecule has 0 saturated heterocycles. The molecule has 1 aliphatic carbocycles. The van der Waals surface area contributed by atoms with E-state index in [0.717, 1.165) is 48.1 Å². The van der Waals surface area contributed by atoms with Crippen LogP contribution in [0.4, 0.5) is 5.95 Å². The molecule has 4 aromatic heterocycles. The van der Waals surface area contributed by atoms with Crippen LogP contribution in [0, 0.1) is 0 Å². The van der Waals surface area contributed by atoms with Gasteiger partial charge in [-0.1, -0.05) is 0 Å². The second-order valence-electron chi connectivity index (χ2n) is 7.57. The van der Waals surface area contributed by atoms with Crippen LogP contribution in [0.1, 0.15) is 25.7 Å². The van der Waals surface area contributed by atoms with Crippen LogP contribution >= 0.6 is 0 Å². The molecule has 0 bridgehead atoms. The lowest BCUT2D eigenvalue weighted by Gasteiger charge is -2.29. The van der Waals surface area contributed by atoms with E-state index in [1.165, 1.54) is 0 Å². The SMILES string of the molecule is COCCO[C@H]1CC[C@H](Nc2ncc3c(-c4ccc5nccn5n4)ccn3n2)CC1. The summed E-state index contributed by atoms with van der Waals surface area (Å²) in [7, 11) is 1.70. The molecule has 0 aromatic carbocycles. The number of methoxy groups -OCH3 is 1. The third kappa shape index (κ3) is 3.86. The Morgan fingerprint density at radius 3 is 2.77 bits per heavy atom. The first-order chi connectivity index (χ1) is 14.8. The minimum absolute atomic E-state index is 0.328. The van der Waals surface area contributed by atoms with Crippen molar-refractivity contribution < 1.29 is 9.47 Å². The summed E-state index contributed by atoms with van der Waals surface area (Å²) in [4.78, 5) is 8.80. The third-order valence-corrected chi connectivity index (χ3v) is 5.60. The van der Waals surface area contributed by atoms with Gasteiger partial charge in [0.25, 0.3) is 0 Å². The fraction of sp³-hybridized carbons (Fsp3) is 0.429. The average Bonchev–Trinajstić information content (AvgIpc) is 3.41. The van der Waals surface area contributed by atoms with E-state index in [2.05, 4.69) is 25.5 Å². The molecule has 4 aromatic rings. The normalized spacial score (nSPS) is 19.5. The van der Waals surface area contributed by atoms with Gasteiger partial charge in [-0.3, -0.25) is 0 Å². The van der Waals surface area contributed by atoms with Crippen molar-refractivity contribution in [3.8, 4) is 11.3 Å². The number of fused-ring (bicyclic) bond motifs is 2. The van der Waals surface area contributed by atoms with Crippen LogP contribution in [0.3, 0.4) is 0 Å². The van der Waals surface area contributed by atoms with E-state index < -0.39 is 0 Å². The zero-order chi connectivity index (χ0) is 20.3. The Bertz CT molecular complexity index is 1130. The smallest absolute Gasteiger partial charge is 0.241 e. The van der Waals surface area contributed by atoms with E-state index in [0.29, 0.717) is 31.3 Å². The van der Waals surface area contributed by atoms with Crippen LogP contribution in [-0.2, 0) is 9.47 Å². The fourth-order valence-electron chi connectivity index (χ4n) is 4.00. The second-order valence-corrected chi connectivity index (χ2v) is 7.57. The minimum Gasteiger partial charge on any atom is -0.382 e. The van der Waals surface area contributed by atoms with Crippen LogP contribution in [-0.4, -0.2) is 61.7 Å². The molecule has 0 radical (unpaired) electrons. The lowest BCUT2D eigenvalue weighted by molar-refractivity contribution is -0.00158. The van der Waals surface area contributed by atoms with E-state index in [1.54, 1.807) is 17.8 Å². The highest BCUT2D eigenvalue weighted by Gasteiger charge is 2.22. The molecule has 1 aliphatic rings. The second kappa shape index (κ2) is 8.37. The third-order valence-electron chi connectivity index (χ3n) is 5.60. The molecule has 1 saturated carbocycles. The van der Waals surface area contributed by atoms with Gasteiger partial charge < -0.3 is 14.8 Å². The molecule has 0 aliphatic heterocycles. The van der Waals surface area contributed by atoms with E-state index in [-0.39, 0.29) is 0 Å². The number of nitrogens with zero attached hydrogens (tertiary/aromatic N) is 6. The molecule has 5 rings (SSSR count). The number of hydrogen-bond acceptors (Lipinski definition) is 7. The molecule has 9 nitrogen and oxygen atoms in total. The molecule has 0 unspecified atom stereocenters. The summed E-state index contributed by atoms with van der Waals surface area (Å²) in [5.74, 6) is 0.645. The van der Waals surface area contributed by atoms with Crippen molar-refractivity contribution in [1.29, 1.82) is 0 Å². The maximum atomic E-state index is 5.85. The van der Waals surface area contributed by atoms with Crippen molar-refractivity contribution >= 4 is 17.1 Å². The van der Waals surface area contributed by atoms with Gasteiger partial charge >= 0.3 is 0 Å². The zero-order valence-electron chi connectivity index (χ0n) is 16.9. The molecule has 9 heteroatoms. The first-order valence-electron chi connectivity index (χ1n) is 10.3. The number of rotatable bonds is 7. The predicted octanol–water partition coefficient (Wildman–Crippen LogP) is 2.83. The van der Waals surface area contributed by atoms with Crippen LogP contribution < -0.4 is 5.32 Å². The summed E-state index contributed by atoms with van der Waals surface area (Å²) in [5, 5.41) is 12.8. The van der Waals surface area contributed by atoms with Crippen LogP contribution in [0.15, 0.2) is 43.0 Å². The highest BCUT2D eigenvalue weighted by molar-refractivity contribution is 5.78. The van der Waals surface area contributed by atoms with Crippen molar-refractivity contribution in [3.63, 3.8) is 0 Å². The summed E-state index contributed by atoms with van der Waals surface area (Å²) < 4.78 is 14.5. The van der Waals surface area contributed by atoms with Crippen molar-refractivity contribution in [2.75, 3.05) is 25.6 Å². The van der Waals surface area contributed by atoms with Gasteiger partial charge in [0, 0.05) is 37.3 Å². The van der Waals surface area contributed by atoms with Crippen LogP contribution in [0.25, 0.3) is 22.4 Å². The van der Waals surface area contributed by atoms with Gasteiger partial charge in [-0.05, 0) is 43.9 Å². The molecule has 0 amide bonds. The summed E-state index contributed by atoms with van der Waals surface area (Å²) in [5.41, 5.74) is 3.59. The Morgan fingerprint density at radius 2 is 1.90 bits per heavy atom. The molecule has 1 N–H and O–H groups in total. The van der Waals surface area contributed by atoms with Crippen molar-refractivity contribution in [2.45, 2.75) is 37.8 Å². The summed E-state index contributed by atoms with van der Waals surface area (Å²) >= 11 is 0. The highest BCUT2D eigenvalue weighted by atomic mass is 16.5. The molecular weight excluding hydrogens is 382 g/mol. The standard InChI is InChI=1S/C21H25N7O2/c1-29-12-13-30-16-4-2-15(3-5-16)24-21-23-14-19-17(8-10-27(19)26-21)18-6-7-20-22-9-11-28(20)25-18/h6-11,14-16H,2-5,12-13H2,1H3,(H,24,26)/t15-,16-. The number of ether oxygens (including phenoxy) is 2. The first kappa shape index (κ1) is 19.0. The fourth-order valence-corrected chi connectivity index (χ4v) is 4.00. The van der Waals surface area contributed by atoms with Crippen LogP contribution in [0.5, 0.6) is 0 Å². The maximum absolute atomic E-state index is 5.85. The molecule has 0 spiro atoms. The average molecular weight is 407 g/mol. The zero-order valence-corrected chi connectivity index (χ0v) is 16.9. The van der Waals surface area contributed by atoms with Crippen molar-refractivity contribution in [3.05, 3.63) is 43.0 Å². The quantitative estimate of drug-likeness (QED) is 0.471. The Balaban J connectivity index is 1.26. The Kier molecular flexibility index (Phi) is 5.29. The molecule has 156 valence electrons. The van der Waals surface area contributed by atoms with Gasteiger partial charge in [0.05, 0.1) is 36.7 Å². The van der Waals surface area contributed by atoms with E-state index in [9.17, 15) is 0 Å².